The zero-order valence-corrected chi connectivity index (χ0v) is 12.1. The van der Waals surface area contributed by atoms with Crippen LogP contribution in [0.2, 0.25) is 0 Å². The van der Waals surface area contributed by atoms with Gasteiger partial charge in [0.25, 0.3) is 0 Å². The van der Waals surface area contributed by atoms with Gasteiger partial charge in [0, 0.05) is 26.3 Å². The van der Waals surface area contributed by atoms with Crippen molar-refractivity contribution in [1.82, 2.24) is 4.90 Å². The van der Waals surface area contributed by atoms with Crippen LogP contribution in [0.5, 0.6) is 0 Å². The first-order valence-corrected chi connectivity index (χ1v) is 7.82. The van der Waals surface area contributed by atoms with E-state index in [2.05, 4.69) is 24.5 Å². The van der Waals surface area contributed by atoms with Crippen LogP contribution in [0, 0.1) is 11.3 Å². The molecule has 2 aliphatic rings. The lowest BCUT2D eigenvalue weighted by atomic mass is 9.81. The third-order valence-corrected chi connectivity index (χ3v) is 5.19. The van der Waals surface area contributed by atoms with Gasteiger partial charge in [-0.05, 0) is 49.3 Å². The Labute approximate surface area is 112 Å². The average Bonchev–Trinajstić information content (AvgIpc) is 2.78. The molecule has 0 aliphatic carbocycles. The van der Waals surface area contributed by atoms with Crippen molar-refractivity contribution >= 4 is 12.6 Å². The number of ether oxygens (including phenoxy) is 1. The summed E-state index contributed by atoms with van der Waals surface area (Å²) in [5.74, 6) is 1.97. The Bertz CT molecular complexity index is 228. The highest BCUT2D eigenvalue weighted by Crippen LogP contribution is 2.34. The summed E-state index contributed by atoms with van der Waals surface area (Å²) in [6.07, 6.45) is 6.56. The Balaban J connectivity index is 1.83. The van der Waals surface area contributed by atoms with E-state index in [9.17, 15) is 0 Å². The maximum atomic E-state index is 5.50. The van der Waals surface area contributed by atoms with Crippen LogP contribution in [0.4, 0.5) is 0 Å². The fourth-order valence-electron chi connectivity index (χ4n) is 3.35. The molecular weight excluding hydrogens is 230 g/mol. The van der Waals surface area contributed by atoms with E-state index >= 15 is 0 Å². The lowest BCUT2D eigenvalue weighted by Crippen LogP contribution is -2.42. The van der Waals surface area contributed by atoms with Gasteiger partial charge in [-0.15, -0.1) is 0 Å². The maximum Gasteiger partial charge on any atom is 0.0472 e. The third-order valence-electron chi connectivity index (χ3n) is 4.51. The van der Waals surface area contributed by atoms with E-state index < -0.39 is 0 Å². The molecule has 0 aromatic carbocycles. The van der Waals surface area contributed by atoms with Crippen LogP contribution < -0.4 is 0 Å². The van der Waals surface area contributed by atoms with Crippen LogP contribution in [0.25, 0.3) is 0 Å². The van der Waals surface area contributed by atoms with Crippen molar-refractivity contribution in [2.45, 2.75) is 39.0 Å². The first-order chi connectivity index (χ1) is 8.28. The average molecular weight is 257 g/mol. The van der Waals surface area contributed by atoms with Gasteiger partial charge >= 0.3 is 0 Å². The summed E-state index contributed by atoms with van der Waals surface area (Å²) in [5, 5.41) is 0. The minimum atomic E-state index is 0.433. The molecule has 0 aromatic rings. The van der Waals surface area contributed by atoms with Crippen molar-refractivity contribution in [2.75, 3.05) is 38.6 Å². The standard InChI is InChI=1S/C14H27NOS/c1-2-3-13-4-7-15(10-13)11-14(12-17)5-8-16-9-6-14/h13,17H,2-12H2,1H3. The molecule has 0 radical (unpaired) electrons. The predicted molar refractivity (Wildman–Crippen MR) is 75.8 cm³/mol. The Morgan fingerprint density at radius 2 is 2.12 bits per heavy atom. The molecule has 100 valence electrons. The molecule has 2 saturated heterocycles. The second kappa shape index (κ2) is 6.44. The van der Waals surface area contributed by atoms with Gasteiger partial charge in [0.1, 0.15) is 0 Å². The molecule has 0 saturated carbocycles. The lowest BCUT2D eigenvalue weighted by Gasteiger charge is -2.39. The van der Waals surface area contributed by atoms with Crippen LogP contribution in [0.3, 0.4) is 0 Å². The van der Waals surface area contributed by atoms with Gasteiger partial charge in [-0.2, -0.15) is 12.6 Å². The van der Waals surface area contributed by atoms with E-state index in [1.807, 2.05) is 0 Å². The second-order valence-corrected chi connectivity index (χ2v) is 6.27. The lowest BCUT2D eigenvalue weighted by molar-refractivity contribution is 0.0107. The summed E-state index contributed by atoms with van der Waals surface area (Å²) in [6.45, 7) is 8.06. The molecule has 2 aliphatic heterocycles. The Hall–Kier alpha value is 0.270. The molecule has 0 amide bonds. The van der Waals surface area contributed by atoms with E-state index in [-0.39, 0.29) is 0 Å². The summed E-state index contributed by atoms with van der Waals surface area (Å²) in [5.41, 5.74) is 0.433. The van der Waals surface area contributed by atoms with Crippen LogP contribution in [0.1, 0.15) is 39.0 Å². The number of hydrogen-bond donors (Lipinski definition) is 1. The van der Waals surface area contributed by atoms with E-state index in [1.54, 1.807) is 0 Å². The van der Waals surface area contributed by atoms with Crippen molar-refractivity contribution < 1.29 is 4.74 Å². The molecule has 2 nitrogen and oxygen atoms in total. The highest BCUT2D eigenvalue weighted by molar-refractivity contribution is 7.80. The first kappa shape index (κ1) is 13.7. The molecule has 0 N–H and O–H groups in total. The van der Waals surface area contributed by atoms with E-state index in [1.165, 1.54) is 51.7 Å². The summed E-state index contributed by atoms with van der Waals surface area (Å²) in [4.78, 5) is 2.68. The summed E-state index contributed by atoms with van der Waals surface area (Å²) >= 11 is 4.60. The minimum absolute atomic E-state index is 0.433. The van der Waals surface area contributed by atoms with Crippen molar-refractivity contribution in [3.05, 3.63) is 0 Å². The zero-order chi connectivity index (χ0) is 12.1. The SMILES string of the molecule is CCCC1CCN(CC2(CS)CCOCC2)C1. The molecule has 0 aromatic heterocycles. The van der Waals surface area contributed by atoms with E-state index in [0.717, 1.165) is 24.9 Å². The Kier molecular flexibility index (Phi) is 5.19. The largest absolute Gasteiger partial charge is 0.381 e. The molecule has 2 fully saturated rings. The quantitative estimate of drug-likeness (QED) is 0.760. The van der Waals surface area contributed by atoms with Crippen LogP contribution in [-0.4, -0.2) is 43.5 Å². The fraction of sp³-hybridized carbons (Fsp3) is 1.00. The number of hydrogen-bond acceptors (Lipinski definition) is 3. The Morgan fingerprint density at radius 1 is 1.35 bits per heavy atom. The van der Waals surface area contributed by atoms with Gasteiger partial charge in [0.2, 0.25) is 0 Å². The molecule has 2 rings (SSSR count). The topological polar surface area (TPSA) is 12.5 Å². The predicted octanol–water partition coefficient (Wildman–Crippen LogP) is 2.84. The van der Waals surface area contributed by atoms with Crippen LogP contribution in [-0.2, 0) is 4.74 Å². The molecule has 0 bridgehead atoms. The van der Waals surface area contributed by atoms with Crippen LogP contribution in [0.15, 0.2) is 0 Å². The van der Waals surface area contributed by atoms with Gasteiger partial charge in [-0.1, -0.05) is 13.3 Å². The zero-order valence-electron chi connectivity index (χ0n) is 11.2. The molecule has 1 atom stereocenters. The minimum Gasteiger partial charge on any atom is -0.381 e. The number of likely N-dealkylation sites (tertiary alicyclic amines) is 1. The fourth-order valence-corrected chi connectivity index (χ4v) is 3.76. The molecule has 2 heterocycles. The number of thiol groups is 1. The highest BCUT2D eigenvalue weighted by Gasteiger charge is 2.35. The molecular formula is C14H27NOS. The van der Waals surface area contributed by atoms with Crippen LogP contribution >= 0.6 is 12.6 Å². The van der Waals surface area contributed by atoms with Gasteiger partial charge in [0.05, 0.1) is 0 Å². The first-order valence-electron chi connectivity index (χ1n) is 7.19. The van der Waals surface area contributed by atoms with E-state index in [0.29, 0.717) is 5.41 Å². The molecule has 1 unspecified atom stereocenters. The van der Waals surface area contributed by atoms with Gasteiger partial charge < -0.3 is 9.64 Å². The van der Waals surface area contributed by atoms with Gasteiger partial charge in [-0.3, -0.25) is 0 Å². The van der Waals surface area contributed by atoms with Crippen molar-refractivity contribution in [2.24, 2.45) is 11.3 Å². The van der Waals surface area contributed by atoms with E-state index in [4.69, 9.17) is 4.74 Å². The van der Waals surface area contributed by atoms with Crippen molar-refractivity contribution in [1.29, 1.82) is 0 Å². The van der Waals surface area contributed by atoms with Crippen molar-refractivity contribution in [3.63, 3.8) is 0 Å². The molecule has 3 heteroatoms. The normalized spacial score (nSPS) is 29.6. The second-order valence-electron chi connectivity index (χ2n) is 5.95. The Morgan fingerprint density at radius 3 is 2.76 bits per heavy atom. The summed E-state index contributed by atoms with van der Waals surface area (Å²) in [6, 6.07) is 0. The smallest absolute Gasteiger partial charge is 0.0472 e. The summed E-state index contributed by atoms with van der Waals surface area (Å²) in [7, 11) is 0. The molecule has 0 spiro atoms. The number of rotatable bonds is 5. The monoisotopic (exact) mass is 257 g/mol. The number of nitrogens with zero attached hydrogens (tertiary/aromatic N) is 1. The highest BCUT2D eigenvalue weighted by atomic mass is 32.1. The summed E-state index contributed by atoms with van der Waals surface area (Å²) < 4.78 is 5.50. The molecule has 17 heavy (non-hydrogen) atoms. The van der Waals surface area contributed by atoms with Gasteiger partial charge in [0.15, 0.2) is 0 Å². The third kappa shape index (κ3) is 3.62. The van der Waals surface area contributed by atoms with Crippen molar-refractivity contribution in [3.8, 4) is 0 Å². The van der Waals surface area contributed by atoms with Gasteiger partial charge in [-0.25, -0.2) is 0 Å². The maximum absolute atomic E-state index is 5.50.